The Labute approximate surface area is 105 Å². The van der Waals surface area contributed by atoms with E-state index in [0.29, 0.717) is 6.42 Å². The number of hydrogen-bond donors (Lipinski definition) is 3. The quantitative estimate of drug-likeness (QED) is 0.707. The van der Waals surface area contributed by atoms with Gasteiger partial charge in [0, 0.05) is 6.54 Å². The third kappa shape index (κ3) is 5.02. The highest BCUT2D eigenvalue weighted by Crippen LogP contribution is 2.09. The average molecular weight is 274 g/mol. The van der Waals surface area contributed by atoms with Gasteiger partial charge in [0.25, 0.3) is 0 Å². The molecule has 0 fully saturated rings. The van der Waals surface area contributed by atoms with Gasteiger partial charge in [-0.05, 0) is 24.1 Å². The largest absolute Gasteiger partial charge is 0.508 e. The second-order valence-corrected chi connectivity index (χ2v) is 4.91. The van der Waals surface area contributed by atoms with Crippen molar-refractivity contribution in [2.45, 2.75) is 6.42 Å². The predicted octanol–water partition coefficient (Wildman–Crippen LogP) is 0.125. The Hall–Kier alpha value is -1.80. The summed E-state index contributed by atoms with van der Waals surface area (Å²) in [4.78, 5) is 10.7. The maximum Gasteiger partial charge on any atom is 0.421 e. The van der Waals surface area contributed by atoms with E-state index in [2.05, 4.69) is 9.46 Å². The standard InChI is InChI=1S/C10H14N2O5S/c1-17-10(14)12-18(15,16)11-7-6-8-2-4-9(13)5-3-8/h2-5,11,13H,6-7H2,1H3,(H,12,14). The molecular weight excluding hydrogens is 260 g/mol. The fourth-order valence-corrected chi connectivity index (χ4v) is 1.93. The van der Waals surface area contributed by atoms with Crippen molar-refractivity contribution < 1.29 is 23.1 Å². The number of benzene rings is 1. The van der Waals surface area contributed by atoms with E-state index in [-0.39, 0.29) is 12.3 Å². The smallest absolute Gasteiger partial charge is 0.421 e. The number of carbonyl (C=O) groups excluding carboxylic acids is 1. The monoisotopic (exact) mass is 274 g/mol. The zero-order valence-electron chi connectivity index (χ0n) is 9.71. The van der Waals surface area contributed by atoms with Gasteiger partial charge >= 0.3 is 16.3 Å². The Bertz CT molecular complexity index is 498. The minimum Gasteiger partial charge on any atom is -0.508 e. The highest BCUT2D eigenvalue weighted by atomic mass is 32.2. The number of hydrogen-bond acceptors (Lipinski definition) is 5. The van der Waals surface area contributed by atoms with Gasteiger partial charge in [-0.3, -0.25) is 0 Å². The molecule has 0 bridgehead atoms. The van der Waals surface area contributed by atoms with E-state index in [9.17, 15) is 13.2 Å². The SMILES string of the molecule is COC(=O)NS(=O)(=O)NCCc1ccc(O)cc1. The van der Waals surface area contributed by atoms with Crippen LogP contribution in [0.15, 0.2) is 24.3 Å². The van der Waals surface area contributed by atoms with Gasteiger partial charge in [0.1, 0.15) is 5.75 Å². The first-order valence-electron chi connectivity index (χ1n) is 5.06. The molecule has 0 aromatic heterocycles. The predicted molar refractivity (Wildman–Crippen MR) is 64.3 cm³/mol. The van der Waals surface area contributed by atoms with Crippen molar-refractivity contribution in [3.63, 3.8) is 0 Å². The minimum atomic E-state index is -3.90. The number of carbonyl (C=O) groups is 1. The zero-order chi connectivity index (χ0) is 13.6. The van der Waals surface area contributed by atoms with Crippen LogP contribution in [0, 0.1) is 0 Å². The van der Waals surface area contributed by atoms with Crippen molar-refractivity contribution in [2.75, 3.05) is 13.7 Å². The molecule has 0 aliphatic carbocycles. The summed E-state index contributed by atoms with van der Waals surface area (Å²) in [6.45, 7) is 0.122. The number of aromatic hydroxyl groups is 1. The molecule has 3 N–H and O–H groups in total. The molecular formula is C10H14N2O5S. The summed E-state index contributed by atoms with van der Waals surface area (Å²) in [5.41, 5.74) is 0.855. The van der Waals surface area contributed by atoms with Crippen molar-refractivity contribution in [1.29, 1.82) is 0 Å². The molecule has 8 heteroatoms. The molecule has 0 atom stereocenters. The molecule has 1 amide bonds. The van der Waals surface area contributed by atoms with Crippen LogP contribution in [0.2, 0.25) is 0 Å². The summed E-state index contributed by atoms with van der Waals surface area (Å²) in [7, 11) is -2.82. The van der Waals surface area contributed by atoms with Crippen molar-refractivity contribution >= 4 is 16.3 Å². The second kappa shape index (κ2) is 6.22. The lowest BCUT2D eigenvalue weighted by Crippen LogP contribution is -2.40. The molecule has 0 radical (unpaired) electrons. The van der Waals surface area contributed by atoms with Crippen LogP contribution in [0.3, 0.4) is 0 Å². The lowest BCUT2D eigenvalue weighted by Gasteiger charge is -2.07. The van der Waals surface area contributed by atoms with E-state index in [0.717, 1.165) is 12.7 Å². The Kier molecular flexibility index (Phi) is 4.93. The van der Waals surface area contributed by atoms with Crippen LogP contribution in [0.25, 0.3) is 0 Å². The maximum atomic E-state index is 11.3. The number of ether oxygens (including phenoxy) is 1. The third-order valence-electron chi connectivity index (χ3n) is 2.05. The molecule has 0 aliphatic rings. The number of phenols is 1. The molecule has 0 unspecified atom stereocenters. The number of phenolic OH excluding ortho intramolecular Hbond substituents is 1. The van der Waals surface area contributed by atoms with Crippen molar-refractivity contribution in [1.82, 2.24) is 9.44 Å². The zero-order valence-corrected chi connectivity index (χ0v) is 10.5. The lowest BCUT2D eigenvalue weighted by molar-refractivity contribution is 0.177. The molecule has 0 saturated heterocycles. The van der Waals surface area contributed by atoms with Crippen LogP contribution in [0.5, 0.6) is 5.75 Å². The van der Waals surface area contributed by atoms with Gasteiger partial charge < -0.3 is 9.84 Å². The highest BCUT2D eigenvalue weighted by molar-refractivity contribution is 7.88. The first-order valence-corrected chi connectivity index (χ1v) is 6.54. The van der Waals surface area contributed by atoms with Crippen LogP contribution in [0.1, 0.15) is 5.56 Å². The first-order chi connectivity index (χ1) is 8.43. The summed E-state index contributed by atoms with van der Waals surface area (Å²) >= 11 is 0. The van der Waals surface area contributed by atoms with Crippen molar-refractivity contribution in [2.24, 2.45) is 0 Å². The van der Waals surface area contributed by atoms with Gasteiger partial charge in [0.15, 0.2) is 0 Å². The lowest BCUT2D eigenvalue weighted by atomic mass is 10.1. The maximum absolute atomic E-state index is 11.3. The van der Waals surface area contributed by atoms with Crippen LogP contribution in [0.4, 0.5) is 4.79 Å². The summed E-state index contributed by atoms with van der Waals surface area (Å²) in [6, 6.07) is 6.38. The molecule has 100 valence electrons. The Morgan fingerprint density at radius 1 is 1.33 bits per heavy atom. The van der Waals surface area contributed by atoms with Gasteiger partial charge in [-0.2, -0.15) is 13.1 Å². The topological polar surface area (TPSA) is 105 Å². The van der Waals surface area contributed by atoms with Crippen LogP contribution in [-0.4, -0.2) is 33.3 Å². The van der Waals surface area contributed by atoms with Gasteiger partial charge in [-0.1, -0.05) is 12.1 Å². The molecule has 7 nitrogen and oxygen atoms in total. The number of nitrogens with one attached hydrogen (secondary N) is 2. The van der Waals surface area contributed by atoms with E-state index in [1.54, 1.807) is 16.9 Å². The van der Waals surface area contributed by atoms with E-state index in [4.69, 9.17) is 5.11 Å². The van der Waals surface area contributed by atoms with Crippen molar-refractivity contribution in [3.8, 4) is 5.75 Å². The Morgan fingerprint density at radius 2 is 1.94 bits per heavy atom. The molecule has 1 aromatic carbocycles. The fourth-order valence-electron chi connectivity index (χ4n) is 1.18. The summed E-state index contributed by atoms with van der Waals surface area (Å²) < 4.78 is 30.6. The van der Waals surface area contributed by atoms with Crippen LogP contribution < -0.4 is 9.44 Å². The Balaban J connectivity index is 2.41. The minimum absolute atomic E-state index is 0.122. The van der Waals surface area contributed by atoms with Gasteiger partial charge in [-0.15, -0.1) is 0 Å². The molecule has 1 rings (SSSR count). The van der Waals surface area contributed by atoms with Crippen LogP contribution >= 0.6 is 0 Å². The van der Waals surface area contributed by atoms with E-state index < -0.39 is 16.3 Å². The van der Waals surface area contributed by atoms with E-state index >= 15 is 0 Å². The Morgan fingerprint density at radius 3 is 2.50 bits per heavy atom. The number of amides is 1. The van der Waals surface area contributed by atoms with Crippen molar-refractivity contribution in [3.05, 3.63) is 29.8 Å². The molecule has 0 spiro atoms. The third-order valence-corrected chi connectivity index (χ3v) is 3.06. The summed E-state index contributed by atoms with van der Waals surface area (Å²) in [6.07, 6.45) is -0.616. The molecule has 0 aliphatic heterocycles. The average Bonchev–Trinajstić information content (AvgIpc) is 2.31. The van der Waals surface area contributed by atoms with Gasteiger partial charge in [0.2, 0.25) is 0 Å². The first kappa shape index (κ1) is 14.3. The number of rotatable bonds is 5. The summed E-state index contributed by atoms with van der Waals surface area (Å²) in [5, 5.41) is 9.06. The van der Waals surface area contributed by atoms with E-state index in [1.165, 1.54) is 12.1 Å². The summed E-state index contributed by atoms with van der Waals surface area (Å²) in [5.74, 6) is 0.145. The van der Waals surface area contributed by atoms with E-state index in [1.807, 2.05) is 0 Å². The highest BCUT2D eigenvalue weighted by Gasteiger charge is 2.13. The molecule has 1 aromatic rings. The number of methoxy groups -OCH3 is 1. The van der Waals surface area contributed by atoms with Gasteiger partial charge in [0.05, 0.1) is 7.11 Å². The second-order valence-electron chi connectivity index (χ2n) is 3.41. The molecule has 18 heavy (non-hydrogen) atoms. The molecule has 0 heterocycles. The fraction of sp³-hybridized carbons (Fsp3) is 0.300. The van der Waals surface area contributed by atoms with Gasteiger partial charge in [-0.25, -0.2) is 9.52 Å². The normalized spacial score (nSPS) is 10.9. The van der Waals surface area contributed by atoms with Crippen LogP contribution in [-0.2, 0) is 21.4 Å². The molecule has 0 saturated carbocycles.